The number of aliphatic hydroxyl groups is 1. The Morgan fingerprint density at radius 3 is 2.43 bits per heavy atom. The third-order valence-corrected chi connectivity index (χ3v) is 6.33. The maximum Gasteiger partial charge on any atom is 0.248 e. The number of nitrogens with zero attached hydrogens (tertiary/aromatic N) is 2. The van der Waals surface area contributed by atoms with Gasteiger partial charge in [-0.3, -0.25) is 4.79 Å². The first-order valence-corrected chi connectivity index (χ1v) is 10.8. The molecule has 0 amide bonds. The summed E-state index contributed by atoms with van der Waals surface area (Å²) in [6.07, 6.45) is 5.95. The first kappa shape index (κ1) is 20.9. The van der Waals surface area contributed by atoms with Crippen molar-refractivity contribution in [2.24, 2.45) is 5.92 Å². The Morgan fingerprint density at radius 1 is 1.03 bits per heavy atom. The number of aromatic nitrogens is 1. The van der Waals surface area contributed by atoms with Gasteiger partial charge in [0.2, 0.25) is 5.56 Å². The molecular weight excluding hydrogens is 385 g/mol. The maximum absolute atomic E-state index is 14.5. The molecule has 162 valence electrons. The number of benzene rings is 1. The largest absolute Gasteiger partial charge is 0.392 e. The van der Waals surface area contributed by atoms with E-state index in [4.69, 9.17) is 4.74 Å². The fourth-order valence-corrected chi connectivity index (χ4v) is 4.43. The number of hydrogen-bond donors (Lipinski definition) is 2. The van der Waals surface area contributed by atoms with Gasteiger partial charge in [0, 0.05) is 50.6 Å². The fraction of sp³-hybridized carbons (Fsp3) is 0.522. The lowest BCUT2D eigenvalue weighted by Gasteiger charge is -2.36. The molecule has 0 saturated carbocycles. The summed E-state index contributed by atoms with van der Waals surface area (Å²) < 4.78 is 20.7. The number of hydrogen-bond acceptors (Lipinski definition) is 5. The van der Waals surface area contributed by atoms with Crippen molar-refractivity contribution < 1.29 is 14.2 Å². The number of nitrogens with one attached hydrogen (secondary N) is 1. The number of H-pyrrole nitrogens is 1. The quantitative estimate of drug-likeness (QED) is 0.759. The summed E-state index contributed by atoms with van der Waals surface area (Å²) >= 11 is 0. The van der Waals surface area contributed by atoms with E-state index in [0.717, 1.165) is 64.2 Å². The van der Waals surface area contributed by atoms with Gasteiger partial charge >= 0.3 is 0 Å². The molecule has 3 heterocycles. The molecule has 0 bridgehead atoms. The molecule has 0 radical (unpaired) electrons. The number of piperidine rings is 2. The Balaban J connectivity index is 1.20. The zero-order valence-corrected chi connectivity index (χ0v) is 17.2. The van der Waals surface area contributed by atoms with Crippen LogP contribution < -0.4 is 15.4 Å². The zero-order valence-electron chi connectivity index (χ0n) is 17.2. The van der Waals surface area contributed by atoms with Crippen molar-refractivity contribution in [1.82, 2.24) is 4.98 Å². The van der Waals surface area contributed by atoms with Gasteiger partial charge < -0.3 is 24.6 Å². The van der Waals surface area contributed by atoms with Crippen LogP contribution in [0.1, 0.15) is 31.2 Å². The zero-order chi connectivity index (χ0) is 20.9. The van der Waals surface area contributed by atoms with E-state index in [-0.39, 0.29) is 24.1 Å². The topological polar surface area (TPSA) is 68.8 Å². The second kappa shape index (κ2) is 9.62. The predicted molar refractivity (Wildman–Crippen MR) is 116 cm³/mol. The Labute approximate surface area is 176 Å². The summed E-state index contributed by atoms with van der Waals surface area (Å²) in [6, 6.07) is 8.65. The highest BCUT2D eigenvalue weighted by Gasteiger charge is 2.25. The number of anilines is 2. The highest BCUT2D eigenvalue weighted by atomic mass is 19.1. The predicted octanol–water partition coefficient (Wildman–Crippen LogP) is 2.91. The molecule has 6 nitrogen and oxygen atoms in total. The number of rotatable bonds is 6. The van der Waals surface area contributed by atoms with Crippen LogP contribution in [0.4, 0.5) is 15.8 Å². The lowest BCUT2D eigenvalue weighted by molar-refractivity contribution is 0.0106. The number of aromatic amines is 1. The lowest BCUT2D eigenvalue weighted by Crippen LogP contribution is -2.39. The van der Waals surface area contributed by atoms with E-state index in [9.17, 15) is 14.3 Å². The molecule has 7 heteroatoms. The standard InChI is InChI=1S/C23H30FN3O3/c24-23-18(15-28)2-1-3-21(23)27-12-8-20(9-13-27)30-16-17-6-10-26(11-7-17)19-4-5-22(29)25-14-19/h1-5,14,17,20,28H,6-13,15-16H2,(H,25,29). The van der Waals surface area contributed by atoms with Crippen molar-refractivity contribution in [2.75, 3.05) is 42.6 Å². The van der Waals surface area contributed by atoms with Crippen molar-refractivity contribution in [1.29, 1.82) is 0 Å². The number of ether oxygens (including phenoxy) is 1. The van der Waals surface area contributed by atoms with E-state index in [2.05, 4.69) is 14.8 Å². The van der Waals surface area contributed by atoms with Gasteiger partial charge in [-0.15, -0.1) is 0 Å². The van der Waals surface area contributed by atoms with Gasteiger partial charge in [0.25, 0.3) is 0 Å². The summed E-state index contributed by atoms with van der Waals surface area (Å²) in [5.41, 5.74) is 1.92. The summed E-state index contributed by atoms with van der Waals surface area (Å²) in [6.45, 7) is 3.97. The van der Waals surface area contributed by atoms with Crippen LogP contribution in [0.5, 0.6) is 0 Å². The van der Waals surface area contributed by atoms with Crippen LogP contribution in [0, 0.1) is 11.7 Å². The second-order valence-corrected chi connectivity index (χ2v) is 8.27. The minimum Gasteiger partial charge on any atom is -0.392 e. The van der Waals surface area contributed by atoms with E-state index in [1.807, 2.05) is 6.07 Å². The van der Waals surface area contributed by atoms with Crippen molar-refractivity contribution in [3.8, 4) is 0 Å². The fourth-order valence-electron chi connectivity index (χ4n) is 4.43. The molecule has 0 spiro atoms. The highest BCUT2D eigenvalue weighted by molar-refractivity contribution is 5.50. The van der Waals surface area contributed by atoms with Crippen molar-refractivity contribution in [3.63, 3.8) is 0 Å². The van der Waals surface area contributed by atoms with Crippen LogP contribution >= 0.6 is 0 Å². The third-order valence-electron chi connectivity index (χ3n) is 6.33. The lowest BCUT2D eigenvalue weighted by atomic mass is 9.97. The third kappa shape index (κ3) is 4.84. The molecule has 2 aliphatic heterocycles. The van der Waals surface area contributed by atoms with E-state index in [0.29, 0.717) is 17.2 Å². The van der Waals surface area contributed by atoms with Gasteiger partial charge in [-0.25, -0.2) is 4.39 Å². The van der Waals surface area contributed by atoms with E-state index >= 15 is 0 Å². The van der Waals surface area contributed by atoms with Gasteiger partial charge in [-0.1, -0.05) is 12.1 Å². The minimum atomic E-state index is -0.311. The van der Waals surface area contributed by atoms with Crippen LogP contribution in [0.3, 0.4) is 0 Å². The van der Waals surface area contributed by atoms with Crippen LogP contribution in [0.15, 0.2) is 41.3 Å². The molecule has 0 atom stereocenters. The molecular formula is C23H30FN3O3. The van der Waals surface area contributed by atoms with E-state index in [1.165, 1.54) is 0 Å². The molecule has 0 aliphatic carbocycles. The van der Waals surface area contributed by atoms with Crippen molar-refractivity contribution >= 4 is 11.4 Å². The van der Waals surface area contributed by atoms with Crippen LogP contribution in [0.2, 0.25) is 0 Å². The summed E-state index contributed by atoms with van der Waals surface area (Å²) in [5.74, 6) is 0.245. The molecule has 2 aromatic rings. The Morgan fingerprint density at radius 2 is 1.77 bits per heavy atom. The van der Waals surface area contributed by atoms with E-state index in [1.54, 1.807) is 30.5 Å². The van der Waals surface area contributed by atoms with Crippen LogP contribution in [-0.2, 0) is 11.3 Å². The van der Waals surface area contributed by atoms with Gasteiger partial charge in [-0.2, -0.15) is 0 Å². The van der Waals surface area contributed by atoms with E-state index < -0.39 is 0 Å². The Hall–Kier alpha value is -2.38. The number of aliphatic hydroxyl groups excluding tert-OH is 1. The monoisotopic (exact) mass is 415 g/mol. The first-order chi connectivity index (χ1) is 14.6. The molecule has 1 aromatic heterocycles. The Bertz CT molecular complexity index is 867. The highest BCUT2D eigenvalue weighted by Crippen LogP contribution is 2.28. The summed E-state index contributed by atoms with van der Waals surface area (Å²) in [4.78, 5) is 18.3. The van der Waals surface area contributed by atoms with Gasteiger partial charge in [-0.05, 0) is 43.7 Å². The number of pyridine rings is 1. The average molecular weight is 416 g/mol. The van der Waals surface area contributed by atoms with Gasteiger partial charge in [0.1, 0.15) is 0 Å². The smallest absolute Gasteiger partial charge is 0.248 e. The minimum absolute atomic E-state index is 0.0723. The Kier molecular flexibility index (Phi) is 6.69. The molecule has 2 aliphatic rings. The molecule has 2 saturated heterocycles. The molecule has 0 unspecified atom stereocenters. The van der Waals surface area contributed by atoms with Crippen LogP contribution in [-0.4, -0.2) is 49.0 Å². The average Bonchev–Trinajstić information content (AvgIpc) is 2.79. The van der Waals surface area contributed by atoms with Gasteiger partial charge in [0.15, 0.2) is 5.82 Å². The molecule has 2 N–H and O–H groups in total. The molecule has 4 rings (SSSR count). The molecule has 1 aromatic carbocycles. The van der Waals surface area contributed by atoms with Crippen molar-refractivity contribution in [3.05, 3.63) is 58.3 Å². The SMILES string of the molecule is O=c1ccc(N2CCC(COC3CCN(c4cccc(CO)c4F)CC3)CC2)c[nH]1. The first-order valence-electron chi connectivity index (χ1n) is 10.8. The summed E-state index contributed by atoms with van der Waals surface area (Å²) in [7, 11) is 0. The van der Waals surface area contributed by atoms with Crippen molar-refractivity contribution in [2.45, 2.75) is 38.4 Å². The van der Waals surface area contributed by atoms with Crippen LogP contribution in [0.25, 0.3) is 0 Å². The molecule has 30 heavy (non-hydrogen) atoms. The molecule has 2 fully saturated rings. The summed E-state index contributed by atoms with van der Waals surface area (Å²) in [5, 5.41) is 9.27. The van der Waals surface area contributed by atoms with Gasteiger partial charge in [0.05, 0.1) is 24.1 Å². The maximum atomic E-state index is 14.5. The normalized spacial score (nSPS) is 18.7. The second-order valence-electron chi connectivity index (χ2n) is 8.27. The number of halogens is 1.